The van der Waals surface area contributed by atoms with Crippen molar-refractivity contribution in [3.63, 3.8) is 0 Å². The summed E-state index contributed by atoms with van der Waals surface area (Å²) in [5.74, 6) is -0.662. The van der Waals surface area contributed by atoms with Crippen LogP contribution >= 0.6 is 0 Å². The van der Waals surface area contributed by atoms with E-state index in [-0.39, 0.29) is 12.2 Å². The number of rotatable bonds is 6. The summed E-state index contributed by atoms with van der Waals surface area (Å²) in [4.78, 5) is 28.0. The molecular formula is C26H25NO3. The second-order valence-electron chi connectivity index (χ2n) is 7.99. The number of hydrogen-bond acceptors (Lipinski definition) is 3. The standard InChI is InChI=1S/C26H25NO3/c1-18-12-13-19(2)21(16-18)24(28)17-26(30)22-10-6-7-11-23(22)27(25(26)29)15-14-20-8-4-3-5-9-20/h3-13,16,30H,14-15,17H2,1-2H3. The van der Waals surface area contributed by atoms with Gasteiger partial charge in [0.1, 0.15) is 0 Å². The molecule has 0 saturated carbocycles. The third-order valence-corrected chi connectivity index (χ3v) is 5.82. The Morgan fingerprint density at radius 2 is 1.67 bits per heavy atom. The van der Waals surface area contributed by atoms with E-state index in [1.165, 1.54) is 0 Å². The summed E-state index contributed by atoms with van der Waals surface area (Å²) in [6, 6.07) is 22.8. The highest BCUT2D eigenvalue weighted by atomic mass is 16.3. The number of carbonyl (C=O) groups is 2. The van der Waals surface area contributed by atoms with Gasteiger partial charge in [0, 0.05) is 17.7 Å². The van der Waals surface area contributed by atoms with Gasteiger partial charge in [-0.1, -0.05) is 66.2 Å². The van der Waals surface area contributed by atoms with Crippen molar-refractivity contribution >= 4 is 17.4 Å². The number of hydrogen-bond donors (Lipinski definition) is 1. The molecule has 1 amide bonds. The van der Waals surface area contributed by atoms with Crippen molar-refractivity contribution in [2.24, 2.45) is 0 Å². The minimum absolute atomic E-state index is 0.230. The van der Waals surface area contributed by atoms with Gasteiger partial charge in [-0.2, -0.15) is 0 Å². The highest BCUT2D eigenvalue weighted by molar-refractivity contribution is 6.11. The molecule has 1 heterocycles. The van der Waals surface area contributed by atoms with Gasteiger partial charge in [-0.15, -0.1) is 0 Å². The quantitative estimate of drug-likeness (QED) is 0.627. The van der Waals surface area contributed by atoms with Crippen LogP contribution in [0.25, 0.3) is 0 Å². The summed E-state index contributed by atoms with van der Waals surface area (Å²) in [5.41, 5.74) is 2.81. The first-order chi connectivity index (χ1) is 14.4. The van der Waals surface area contributed by atoms with Gasteiger partial charge in [-0.3, -0.25) is 9.59 Å². The highest BCUT2D eigenvalue weighted by Gasteiger charge is 2.50. The van der Waals surface area contributed by atoms with E-state index >= 15 is 0 Å². The number of aliphatic hydroxyl groups is 1. The van der Waals surface area contributed by atoms with Gasteiger partial charge >= 0.3 is 0 Å². The number of amides is 1. The third kappa shape index (κ3) is 3.55. The number of aryl methyl sites for hydroxylation is 2. The van der Waals surface area contributed by atoms with Crippen LogP contribution in [0.3, 0.4) is 0 Å². The molecule has 0 aliphatic carbocycles. The van der Waals surface area contributed by atoms with E-state index < -0.39 is 11.5 Å². The van der Waals surface area contributed by atoms with Crippen LogP contribution in [0.4, 0.5) is 5.69 Å². The molecule has 152 valence electrons. The molecule has 4 rings (SSSR count). The van der Waals surface area contributed by atoms with E-state index in [4.69, 9.17) is 0 Å². The summed E-state index contributed by atoms with van der Waals surface area (Å²) in [7, 11) is 0. The molecule has 1 N–H and O–H groups in total. The number of para-hydroxylation sites is 1. The summed E-state index contributed by atoms with van der Waals surface area (Å²) in [6.45, 7) is 4.24. The summed E-state index contributed by atoms with van der Waals surface area (Å²) in [6.07, 6.45) is 0.400. The molecule has 3 aromatic rings. The van der Waals surface area contributed by atoms with Crippen LogP contribution in [0, 0.1) is 13.8 Å². The van der Waals surface area contributed by atoms with Crippen LogP contribution in [-0.4, -0.2) is 23.3 Å². The normalized spacial score (nSPS) is 17.8. The number of carbonyl (C=O) groups excluding carboxylic acids is 2. The molecule has 0 radical (unpaired) electrons. The van der Waals surface area contributed by atoms with E-state index in [1.54, 1.807) is 17.0 Å². The lowest BCUT2D eigenvalue weighted by atomic mass is 9.87. The lowest BCUT2D eigenvalue weighted by Gasteiger charge is -2.23. The van der Waals surface area contributed by atoms with Crippen LogP contribution in [0.15, 0.2) is 72.8 Å². The van der Waals surface area contributed by atoms with Crippen LogP contribution in [-0.2, 0) is 16.8 Å². The van der Waals surface area contributed by atoms with E-state index in [1.807, 2.05) is 74.5 Å². The number of fused-ring (bicyclic) bond motifs is 1. The second-order valence-corrected chi connectivity index (χ2v) is 7.99. The Kier molecular flexibility index (Phi) is 5.27. The predicted molar refractivity (Wildman–Crippen MR) is 118 cm³/mol. The number of Topliss-reactive ketones (excluding diaryl/α,β-unsaturated/α-hetero) is 1. The van der Waals surface area contributed by atoms with Gasteiger partial charge < -0.3 is 10.0 Å². The van der Waals surface area contributed by atoms with Gasteiger partial charge in [0.05, 0.1) is 12.1 Å². The number of nitrogens with zero attached hydrogens (tertiary/aromatic N) is 1. The Morgan fingerprint density at radius 3 is 2.43 bits per heavy atom. The van der Waals surface area contributed by atoms with Gasteiger partial charge in [-0.05, 0) is 43.5 Å². The van der Waals surface area contributed by atoms with Gasteiger partial charge in [0.2, 0.25) is 0 Å². The molecule has 1 aliphatic heterocycles. The molecule has 3 aromatic carbocycles. The first kappa shape index (κ1) is 20.0. The van der Waals surface area contributed by atoms with Crippen molar-refractivity contribution in [3.05, 3.63) is 101 Å². The fraction of sp³-hybridized carbons (Fsp3) is 0.231. The molecule has 0 fully saturated rings. The fourth-order valence-corrected chi connectivity index (χ4v) is 4.15. The number of anilines is 1. The average Bonchev–Trinajstić information content (AvgIpc) is 2.96. The zero-order valence-electron chi connectivity index (χ0n) is 17.3. The average molecular weight is 399 g/mol. The molecule has 1 atom stereocenters. The van der Waals surface area contributed by atoms with Crippen LogP contribution < -0.4 is 4.90 Å². The molecule has 4 heteroatoms. The lowest BCUT2D eigenvalue weighted by Crippen LogP contribution is -2.42. The largest absolute Gasteiger partial charge is 0.375 e. The molecule has 0 spiro atoms. The van der Waals surface area contributed by atoms with Gasteiger partial charge in [0.25, 0.3) is 5.91 Å². The van der Waals surface area contributed by atoms with E-state index in [0.29, 0.717) is 29.8 Å². The smallest absolute Gasteiger partial charge is 0.264 e. The zero-order valence-corrected chi connectivity index (χ0v) is 17.3. The van der Waals surface area contributed by atoms with Crippen molar-refractivity contribution in [1.29, 1.82) is 0 Å². The monoisotopic (exact) mass is 399 g/mol. The van der Waals surface area contributed by atoms with Crippen molar-refractivity contribution < 1.29 is 14.7 Å². The lowest BCUT2D eigenvalue weighted by molar-refractivity contribution is -0.135. The molecule has 30 heavy (non-hydrogen) atoms. The molecular weight excluding hydrogens is 374 g/mol. The molecule has 0 bridgehead atoms. The van der Waals surface area contributed by atoms with Crippen LogP contribution in [0.1, 0.15) is 39.0 Å². The maximum absolute atomic E-state index is 13.3. The maximum atomic E-state index is 13.3. The topological polar surface area (TPSA) is 57.6 Å². The summed E-state index contributed by atoms with van der Waals surface area (Å²) >= 11 is 0. The maximum Gasteiger partial charge on any atom is 0.264 e. The Balaban J connectivity index is 1.63. The Hall–Kier alpha value is -3.24. The third-order valence-electron chi connectivity index (χ3n) is 5.82. The Morgan fingerprint density at radius 1 is 0.967 bits per heavy atom. The van der Waals surface area contributed by atoms with E-state index in [9.17, 15) is 14.7 Å². The molecule has 1 aliphatic rings. The van der Waals surface area contributed by atoms with Crippen LogP contribution in [0.2, 0.25) is 0 Å². The first-order valence-corrected chi connectivity index (χ1v) is 10.2. The van der Waals surface area contributed by atoms with Crippen LogP contribution in [0.5, 0.6) is 0 Å². The van der Waals surface area contributed by atoms with Crippen molar-refractivity contribution in [2.45, 2.75) is 32.3 Å². The van der Waals surface area contributed by atoms with Gasteiger partial charge in [-0.25, -0.2) is 0 Å². The minimum Gasteiger partial charge on any atom is -0.375 e. The van der Waals surface area contributed by atoms with Gasteiger partial charge in [0.15, 0.2) is 11.4 Å². The SMILES string of the molecule is Cc1ccc(C)c(C(=O)CC2(O)C(=O)N(CCc3ccccc3)c3ccccc32)c1. The van der Waals surface area contributed by atoms with Crippen molar-refractivity contribution in [1.82, 2.24) is 0 Å². The van der Waals surface area contributed by atoms with E-state index in [2.05, 4.69) is 0 Å². The fourth-order valence-electron chi connectivity index (χ4n) is 4.15. The van der Waals surface area contributed by atoms with E-state index in [0.717, 1.165) is 16.7 Å². The number of benzene rings is 3. The molecule has 1 unspecified atom stereocenters. The zero-order chi connectivity index (χ0) is 21.3. The molecule has 4 nitrogen and oxygen atoms in total. The van der Waals surface area contributed by atoms with Crippen molar-refractivity contribution in [2.75, 3.05) is 11.4 Å². The second kappa shape index (κ2) is 7.88. The first-order valence-electron chi connectivity index (χ1n) is 10.2. The predicted octanol–water partition coefficient (Wildman–Crippen LogP) is 4.35. The number of ketones is 1. The molecule has 0 aromatic heterocycles. The Labute approximate surface area is 176 Å². The molecule has 0 saturated heterocycles. The minimum atomic E-state index is -1.85. The summed E-state index contributed by atoms with van der Waals surface area (Å²) < 4.78 is 0. The Bertz CT molecular complexity index is 1110. The van der Waals surface area contributed by atoms with Crippen molar-refractivity contribution in [3.8, 4) is 0 Å². The highest BCUT2D eigenvalue weighted by Crippen LogP contribution is 2.43. The summed E-state index contributed by atoms with van der Waals surface area (Å²) in [5, 5.41) is 11.5.